The van der Waals surface area contributed by atoms with Crippen molar-refractivity contribution in [1.82, 2.24) is 0 Å². The van der Waals surface area contributed by atoms with Gasteiger partial charge in [-0.2, -0.15) is 12.8 Å². The molecule has 0 aromatic heterocycles. The maximum Gasteiger partial charge on any atom is 0.311 e. The van der Waals surface area contributed by atoms with Crippen LogP contribution in [0.2, 0.25) is 0 Å². The Labute approximate surface area is 53.6 Å². The van der Waals surface area contributed by atoms with Gasteiger partial charge in [0.05, 0.1) is 0 Å². The second-order valence-corrected chi connectivity index (χ2v) is 2.05. The maximum absolute atomic E-state index is 10.1. The molecule has 0 aliphatic rings. The Hall–Kier alpha value is -0.910. The highest BCUT2D eigenvalue weighted by Gasteiger charge is 2.04. The number of nitrogens with two attached hydrogens (primary N) is 1. The standard InChI is InChI=1S/C3H6N2O3S/c1-2(3(4)6)5-9(7)8/h2H,1H3,(H2,4,6). The molecule has 0 spiro atoms. The lowest BCUT2D eigenvalue weighted by molar-refractivity contribution is -0.118. The van der Waals surface area contributed by atoms with Crippen LogP contribution in [0.15, 0.2) is 4.36 Å². The van der Waals surface area contributed by atoms with Crippen LogP contribution in [-0.4, -0.2) is 20.4 Å². The summed E-state index contributed by atoms with van der Waals surface area (Å²) in [5, 5.41) is 0. The number of primary amides is 1. The van der Waals surface area contributed by atoms with E-state index in [1.807, 2.05) is 0 Å². The molecule has 0 aromatic carbocycles. The molecule has 1 atom stereocenters. The summed E-state index contributed by atoms with van der Waals surface area (Å²) in [6.45, 7) is 1.30. The summed E-state index contributed by atoms with van der Waals surface area (Å²) in [5.74, 6) is -0.751. The second-order valence-electron chi connectivity index (χ2n) is 1.40. The van der Waals surface area contributed by atoms with Crippen LogP contribution < -0.4 is 5.73 Å². The molecule has 0 heterocycles. The van der Waals surface area contributed by atoms with Crippen LogP contribution in [-0.2, 0) is 15.3 Å². The minimum absolute atomic E-state index is 0.751. The number of nitrogens with zero attached hydrogens (tertiary/aromatic N) is 1. The van der Waals surface area contributed by atoms with Gasteiger partial charge in [-0.15, -0.1) is 0 Å². The van der Waals surface area contributed by atoms with Gasteiger partial charge >= 0.3 is 10.5 Å². The lowest BCUT2D eigenvalue weighted by Gasteiger charge is -1.91. The molecule has 0 aromatic rings. The molecule has 0 aliphatic carbocycles. The topological polar surface area (TPSA) is 89.6 Å². The van der Waals surface area contributed by atoms with Crippen molar-refractivity contribution in [2.24, 2.45) is 10.1 Å². The first-order valence-electron chi connectivity index (χ1n) is 2.13. The van der Waals surface area contributed by atoms with Gasteiger partial charge in [-0.25, -0.2) is 0 Å². The third-order valence-corrected chi connectivity index (χ3v) is 1.14. The quantitative estimate of drug-likeness (QED) is 0.543. The van der Waals surface area contributed by atoms with E-state index in [0.717, 1.165) is 0 Å². The number of carbonyl (C=O) groups excluding carboxylic acids is 1. The molecule has 1 amide bonds. The van der Waals surface area contributed by atoms with Crippen molar-refractivity contribution in [2.45, 2.75) is 13.0 Å². The van der Waals surface area contributed by atoms with E-state index < -0.39 is 22.4 Å². The van der Waals surface area contributed by atoms with Crippen LogP contribution >= 0.6 is 0 Å². The molecule has 0 saturated carbocycles. The summed E-state index contributed by atoms with van der Waals surface area (Å²) in [7, 11) is -2.54. The van der Waals surface area contributed by atoms with Gasteiger partial charge in [0.15, 0.2) is 0 Å². The summed E-state index contributed by atoms with van der Waals surface area (Å²) >= 11 is 0. The number of rotatable bonds is 2. The Morgan fingerprint density at radius 2 is 2.11 bits per heavy atom. The highest BCUT2D eigenvalue weighted by Crippen LogP contribution is 1.83. The van der Waals surface area contributed by atoms with Crippen molar-refractivity contribution in [2.75, 3.05) is 0 Å². The SMILES string of the molecule is CC(N=S(=O)=O)C(N)=O. The van der Waals surface area contributed by atoms with Crippen molar-refractivity contribution >= 4 is 16.4 Å². The summed E-state index contributed by atoms with van der Waals surface area (Å²) in [6.07, 6.45) is 0. The molecule has 0 rings (SSSR count). The minimum Gasteiger partial charge on any atom is -0.368 e. The Morgan fingerprint density at radius 1 is 1.67 bits per heavy atom. The summed E-state index contributed by atoms with van der Waals surface area (Å²) in [4.78, 5) is 10.1. The first-order chi connectivity index (χ1) is 4.04. The van der Waals surface area contributed by atoms with Crippen molar-refractivity contribution in [3.05, 3.63) is 0 Å². The number of carbonyl (C=O) groups is 1. The normalized spacial score (nSPS) is 12.1. The number of hydrogen-bond donors (Lipinski definition) is 1. The van der Waals surface area contributed by atoms with Crippen molar-refractivity contribution in [3.8, 4) is 0 Å². The monoisotopic (exact) mass is 150 g/mol. The average Bonchev–Trinajstić information content (AvgIpc) is 1.63. The van der Waals surface area contributed by atoms with E-state index in [-0.39, 0.29) is 0 Å². The largest absolute Gasteiger partial charge is 0.368 e. The smallest absolute Gasteiger partial charge is 0.311 e. The first-order valence-corrected chi connectivity index (χ1v) is 3.16. The van der Waals surface area contributed by atoms with Crippen molar-refractivity contribution < 1.29 is 13.2 Å². The molecule has 6 heteroatoms. The van der Waals surface area contributed by atoms with Crippen LogP contribution in [0.5, 0.6) is 0 Å². The van der Waals surface area contributed by atoms with Gasteiger partial charge in [0.1, 0.15) is 6.04 Å². The highest BCUT2D eigenvalue weighted by atomic mass is 32.2. The van der Waals surface area contributed by atoms with Gasteiger partial charge in [0.25, 0.3) is 0 Å². The third-order valence-electron chi connectivity index (χ3n) is 0.656. The Bertz CT molecular complexity index is 221. The van der Waals surface area contributed by atoms with E-state index in [1.54, 1.807) is 0 Å². The number of amides is 1. The molecule has 0 radical (unpaired) electrons. The highest BCUT2D eigenvalue weighted by molar-refractivity contribution is 7.61. The Balaban J connectivity index is 4.26. The molecular weight excluding hydrogens is 144 g/mol. The molecule has 5 nitrogen and oxygen atoms in total. The summed E-state index contributed by atoms with van der Waals surface area (Å²) in [5.41, 5.74) is 4.68. The zero-order chi connectivity index (χ0) is 7.44. The van der Waals surface area contributed by atoms with Crippen LogP contribution in [0.1, 0.15) is 6.92 Å². The molecule has 1 unspecified atom stereocenters. The van der Waals surface area contributed by atoms with Gasteiger partial charge in [-0.05, 0) is 6.92 Å². The van der Waals surface area contributed by atoms with E-state index >= 15 is 0 Å². The average molecular weight is 150 g/mol. The first kappa shape index (κ1) is 8.09. The third kappa shape index (κ3) is 3.65. The van der Waals surface area contributed by atoms with Gasteiger partial charge < -0.3 is 5.73 Å². The van der Waals surface area contributed by atoms with Crippen LogP contribution in [0, 0.1) is 0 Å². The van der Waals surface area contributed by atoms with E-state index in [0.29, 0.717) is 0 Å². The zero-order valence-electron chi connectivity index (χ0n) is 4.73. The fraction of sp³-hybridized carbons (Fsp3) is 0.667. The molecule has 0 bridgehead atoms. The summed E-state index contributed by atoms with van der Waals surface area (Å²) in [6, 6.07) is -0.955. The van der Waals surface area contributed by atoms with Gasteiger partial charge in [0, 0.05) is 0 Å². The molecule has 0 saturated heterocycles. The Kier molecular flexibility index (Phi) is 2.86. The van der Waals surface area contributed by atoms with Crippen LogP contribution in [0.4, 0.5) is 0 Å². The van der Waals surface area contributed by atoms with Gasteiger partial charge in [-0.1, -0.05) is 0 Å². The molecule has 52 valence electrons. The van der Waals surface area contributed by atoms with Crippen LogP contribution in [0.3, 0.4) is 0 Å². The second kappa shape index (κ2) is 3.18. The predicted octanol–water partition coefficient (Wildman–Crippen LogP) is -1.08. The van der Waals surface area contributed by atoms with Gasteiger partial charge in [0.2, 0.25) is 5.91 Å². The lowest BCUT2D eigenvalue weighted by atomic mass is 10.4. The molecular formula is C3H6N2O3S. The van der Waals surface area contributed by atoms with E-state index in [1.165, 1.54) is 6.92 Å². The zero-order valence-corrected chi connectivity index (χ0v) is 5.55. The fourth-order valence-corrected chi connectivity index (χ4v) is 0.543. The maximum atomic E-state index is 10.1. The minimum atomic E-state index is -2.54. The van der Waals surface area contributed by atoms with E-state index in [9.17, 15) is 13.2 Å². The number of hydrogen-bond acceptors (Lipinski definition) is 4. The molecule has 0 aliphatic heterocycles. The van der Waals surface area contributed by atoms with Crippen LogP contribution in [0.25, 0.3) is 0 Å². The molecule has 2 N–H and O–H groups in total. The van der Waals surface area contributed by atoms with Crippen molar-refractivity contribution in [1.29, 1.82) is 0 Å². The lowest BCUT2D eigenvalue weighted by Crippen LogP contribution is -2.23. The van der Waals surface area contributed by atoms with E-state index in [2.05, 4.69) is 10.1 Å². The predicted molar refractivity (Wildman–Crippen MR) is 30.0 cm³/mol. The molecule has 9 heavy (non-hydrogen) atoms. The van der Waals surface area contributed by atoms with E-state index in [4.69, 9.17) is 0 Å². The van der Waals surface area contributed by atoms with Crippen molar-refractivity contribution in [3.63, 3.8) is 0 Å². The Morgan fingerprint density at radius 3 is 2.22 bits per heavy atom. The fourth-order valence-electron chi connectivity index (χ4n) is 0.181. The van der Waals surface area contributed by atoms with Gasteiger partial charge in [-0.3, -0.25) is 4.79 Å². The summed E-state index contributed by atoms with van der Waals surface area (Å²) < 4.78 is 22.4. The molecule has 0 fully saturated rings.